The quantitative estimate of drug-likeness (QED) is 0.196. The normalized spacial score (nSPS) is 23.6. The van der Waals surface area contributed by atoms with Crippen LogP contribution in [-0.4, -0.2) is 6.61 Å². The Morgan fingerprint density at radius 1 is 0.513 bits per heavy atom. The predicted octanol–water partition coefficient (Wildman–Crippen LogP) is 12.2. The van der Waals surface area contributed by atoms with Gasteiger partial charge in [0.1, 0.15) is 0 Å². The summed E-state index contributed by atoms with van der Waals surface area (Å²) in [5.74, 6) is 2.53. The van der Waals surface area contributed by atoms with Gasteiger partial charge in [-0.05, 0) is 85.0 Å². The first-order chi connectivity index (χ1) is 19.3. The summed E-state index contributed by atoms with van der Waals surface area (Å²) in [5.41, 5.74) is 5.59. The Labute approximate surface area is 241 Å². The van der Waals surface area contributed by atoms with E-state index in [-0.39, 0.29) is 6.10 Å². The van der Waals surface area contributed by atoms with Crippen molar-refractivity contribution in [1.82, 2.24) is 0 Å². The highest BCUT2D eigenvalue weighted by atomic mass is 16.5. The first-order valence-corrected chi connectivity index (χ1v) is 17.1. The van der Waals surface area contributed by atoms with Gasteiger partial charge >= 0.3 is 0 Å². The number of hydrogen-bond acceptors (Lipinski definition) is 1. The van der Waals surface area contributed by atoms with Crippen LogP contribution in [0.2, 0.25) is 0 Å². The van der Waals surface area contributed by atoms with Gasteiger partial charge < -0.3 is 4.74 Å². The summed E-state index contributed by atoms with van der Waals surface area (Å²) in [6.45, 7) is 5.55. The molecule has 39 heavy (non-hydrogen) atoms. The lowest BCUT2D eigenvalue weighted by molar-refractivity contribution is -0.0199. The highest BCUT2D eigenvalue weighted by molar-refractivity contribution is 5.64. The van der Waals surface area contributed by atoms with E-state index in [0.29, 0.717) is 0 Å². The number of rotatable bonds is 16. The van der Waals surface area contributed by atoms with Crippen molar-refractivity contribution in [2.24, 2.45) is 11.8 Å². The molecule has 2 aliphatic rings. The van der Waals surface area contributed by atoms with Crippen molar-refractivity contribution in [2.45, 2.75) is 148 Å². The van der Waals surface area contributed by atoms with Gasteiger partial charge in [-0.3, -0.25) is 0 Å². The van der Waals surface area contributed by atoms with Crippen molar-refractivity contribution in [1.29, 1.82) is 0 Å². The van der Waals surface area contributed by atoms with Crippen LogP contribution in [0, 0.1) is 11.8 Å². The summed E-state index contributed by atoms with van der Waals surface area (Å²) in [6.07, 6.45) is 26.7. The molecule has 0 amide bonds. The van der Waals surface area contributed by atoms with Crippen LogP contribution < -0.4 is 0 Å². The first-order valence-electron chi connectivity index (χ1n) is 17.1. The minimum absolute atomic E-state index is 0.286. The average Bonchev–Trinajstić information content (AvgIpc) is 3.00. The Kier molecular flexibility index (Phi) is 13.4. The molecule has 216 valence electrons. The van der Waals surface area contributed by atoms with E-state index in [0.717, 1.165) is 24.4 Å². The molecule has 2 aromatic rings. The molecule has 0 spiro atoms. The van der Waals surface area contributed by atoms with Gasteiger partial charge in [-0.2, -0.15) is 0 Å². The van der Waals surface area contributed by atoms with Crippen LogP contribution in [-0.2, 0) is 4.74 Å². The number of ether oxygens (including phenoxy) is 1. The molecule has 2 fully saturated rings. The summed E-state index contributed by atoms with van der Waals surface area (Å²) >= 11 is 0. The van der Waals surface area contributed by atoms with Crippen molar-refractivity contribution >= 4 is 0 Å². The molecule has 1 saturated carbocycles. The zero-order valence-corrected chi connectivity index (χ0v) is 25.5. The molecule has 2 unspecified atom stereocenters. The molecule has 1 aliphatic carbocycles. The fourth-order valence-electron chi connectivity index (χ4n) is 7.17. The average molecular weight is 531 g/mol. The van der Waals surface area contributed by atoms with Gasteiger partial charge in [0.15, 0.2) is 0 Å². The molecule has 0 aromatic heterocycles. The van der Waals surface area contributed by atoms with E-state index < -0.39 is 0 Å². The second-order valence-electron chi connectivity index (χ2n) is 13.0. The lowest BCUT2D eigenvalue weighted by Crippen LogP contribution is -2.20. The van der Waals surface area contributed by atoms with Gasteiger partial charge in [-0.15, -0.1) is 0 Å². The molecule has 0 bridgehead atoms. The van der Waals surface area contributed by atoms with E-state index >= 15 is 0 Å². The maximum Gasteiger partial charge on any atom is 0.0825 e. The molecule has 1 nitrogen and oxygen atoms in total. The van der Waals surface area contributed by atoms with Crippen LogP contribution in [0.25, 0.3) is 11.1 Å². The van der Waals surface area contributed by atoms with Crippen LogP contribution in [0.3, 0.4) is 0 Å². The monoisotopic (exact) mass is 530 g/mol. The minimum Gasteiger partial charge on any atom is -0.373 e. The third-order valence-electron chi connectivity index (χ3n) is 9.90. The highest BCUT2D eigenvalue weighted by Crippen LogP contribution is 2.39. The van der Waals surface area contributed by atoms with Crippen molar-refractivity contribution in [3.05, 3.63) is 59.7 Å². The Morgan fingerprint density at radius 2 is 1.00 bits per heavy atom. The zero-order chi connectivity index (χ0) is 27.1. The van der Waals surface area contributed by atoms with Crippen molar-refractivity contribution in [3.63, 3.8) is 0 Å². The van der Waals surface area contributed by atoms with E-state index in [1.165, 1.54) is 139 Å². The van der Waals surface area contributed by atoms with Gasteiger partial charge in [-0.25, -0.2) is 0 Å². The number of benzene rings is 2. The van der Waals surface area contributed by atoms with Gasteiger partial charge in [0, 0.05) is 0 Å². The molecule has 0 N–H and O–H groups in total. The van der Waals surface area contributed by atoms with E-state index in [1.54, 1.807) is 5.56 Å². The lowest BCUT2D eigenvalue weighted by Gasteiger charge is -2.29. The van der Waals surface area contributed by atoms with Crippen molar-refractivity contribution < 1.29 is 4.74 Å². The second kappa shape index (κ2) is 17.3. The van der Waals surface area contributed by atoms with Gasteiger partial charge in [0.2, 0.25) is 0 Å². The van der Waals surface area contributed by atoms with Gasteiger partial charge in [-0.1, -0.05) is 139 Å². The Bertz CT molecular complexity index is 881. The van der Waals surface area contributed by atoms with Crippen LogP contribution in [0.15, 0.2) is 48.5 Å². The summed E-state index contributed by atoms with van der Waals surface area (Å²) in [4.78, 5) is 0. The van der Waals surface area contributed by atoms with E-state index in [1.807, 2.05) is 0 Å². The third-order valence-corrected chi connectivity index (χ3v) is 9.90. The third kappa shape index (κ3) is 10.1. The van der Waals surface area contributed by atoms with Crippen LogP contribution in [0.4, 0.5) is 0 Å². The molecule has 0 radical (unpaired) electrons. The van der Waals surface area contributed by atoms with Crippen molar-refractivity contribution in [2.75, 3.05) is 6.61 Å². The summed E-state index contributed by atoms with van der Waals surface area (Å²) in [6, 6.07) is 18.8. The Morgan fingerprint density at radius 3 is 1.54 bits per heavy atom. The molecule has 1 aliphatic heterocycles. The molecular formula is C38H58O. The summed E-state index contributed by atoms with van der Waals surface area (Å²) in [5, 5.41) is 0. The molecule has 1 saturated heterocycles. The minimum atomic E-state index is 0.286. The molecule has 1 heteroatoms. The fourth-order valence-corrected chi connectivity index (χ4v) is 7.17. The summed E-state index contributed by atoms with van der Waals surface area (Å²) < 4.78 is 6.35. The smallest absolute Gasteiger partial charge is 0.0825 e. The predicted molar refractivity (Wildman–Crippen MR) is 169 cm³/mol. The first kappa shape index (κ1) is 30.4. The van der Waals surface area contributed by atoms with E-state index in [9.17, 15) is 0 Å². The van der Waals surface area contributed by atoms with E-state index in [4.69, 9.17) is 4.74 Å². The van der Waals surface area contributed by atoms with Crippen LogP contribution in [0.1, 0.15) is 159 Å². The number of hydrogen-bond donors (Lipinski definition) is 0. The standard InChI is InChI=1S/C38H58O/c1-3-5-7-9-11-13-15-32-18-29-38(39-30-32)37-27-25-36(26-28-37)35-23-21-34(22-24-35)33-19-16-31(17-20-33)14-12-10-8-6-4-2/h21-28,31-33,38H,3-20,29-30H2,1-2H3/t31-,32?,33-,38?. The van der Waals surface area contributed by atoms with Gasteiger partial charge in [0.05, 0.1) is 12.7 Å². The van der Waals surface area contributed by atoms with Gasteiger partial charge in [0.25, 0.3) is 0 Å². The summed E-state index contributed by atoms with van der Waals surface area (Å²) in [7, 11) is 0. The Hall–Kier alpha value is -1.60. The maximum atomic E-state index is 6.35. The molecule has 2 aromatic carbocycles. The SMILES string of the molecule is CCCCCCCCC1CCC(c2ccc(-c3ccc([C@H]4CC[C@H](CCCCCCC)CC4)cc3)cc2)OC1. The fraction of sp³-hybridized carbons (Fsp3) is 0.684. The molecule has 1 heterocycles. The highest BCUT2D eigenvalue weighted by Gasteiger charge is 2.23. The molecule has 4 rings (SSSR count). The maximum absolute atomic E-state index is 6.35. The number of unbranched alkanes of at least 4 members (excludes halogenated alkanes) is 9. The van der Waals surface area contributed by atoms with E-state index in [2.05, 4.69) is 62.4 Å². The molecule has 2 atom stereocenters. The molecular weight excluding hydrogens is 472 g/mol. The lowest BCUT2D eigenvalue weighted by atomic mass is 9.77. The van der Waals surface area contributed by atoms with Crippen LogP contribution >= 0.6 is 0 Å². The Balaban J connectivity index is 1.17. The largest absolute Gasteiger partial charge is 0.373 e. The van der Waals surface area contributed by atoms with Crippen LogP contribution in [0.5, 0.6) is 0 Å². The zero-order valence-electron chi connectivity index (χ0n) is 25.5. The second-order valence-corrected chi connectivity index (χ2v) is 13.0. The topological polar surface area (TPSA) is 9.23 Å². The van der Waals surface area contributed by atoms with Crippen molar-refractivity contribution in [3.8, 4) is 11.1 Å².